The minimum Gasteiger partial charge on any atom is -0.493 e. The molecule has 11 heteroatoms. The maximum atomic E-state index is 15.5. The van der Waals surface area contributed by atoms with E-state index in [0.29, 0.717) is 40.7 Å². The Bertz CT molecular complexity index is 1250. The van der Waals surface area contributed by atoms with Crippen LogP contribution in [0, 0.1) is 12.7 Å². The topological polar surface area (TPSA) is 85.7 Å². The standard InChI is InChI=1S/C25H29F3N3O4Si/c1-14-29-18-13-19(34-6)20(35-11-10-33-5)12-15(18)22(30-14)31-24(4,36)16-8-7-9-17(21(16)26)25(27,28)23(2,3)32/h7-9,12-13,32H,10-11H2,1-6H3,(H,29,30,31). The first-order valence-electron chi connectivity index (χ1n) is 11.1. The van der Waals surface area contributed by atoms with Gasteiger partial charge in [-0.15, -0.1) is 0 Å². The Balaban J connectivity index is 2.10. The number of rotatable bonds is 10. The fourth-order valence-electron chi connectivity index (χ4n) is 3.65. The van der Waals surface area contributed by atoms with E-state index in [1.807, 2.05) is 0 Å². The average molecular weight is 521 g/mol. The van der Waals surface area contributed by atoms with E-state index in [4.69, 9.17) is 14.2 Å². The maximum absolute atomic E-state index is 15.5. The molecule has 193 valence electrons. The third kappa shape index (κ3) is 5.42. The van der Waals surface area contributed by atoms with Gasteiger partial charge in [-0.05, 0) is 39.8 Å². The Hall–Kier alpha value is -2.89. The third-order valence-electron chi connectivity index (χ3n) is 5.65. The quantitative estimate of drug-likeness (QED) is 0.302. The molecular formula is C25H29F3N3O4Si. The van der Waals surface area contributed by atoms with Gasteiger partial charge in [0, 0.05) is 29.3 Å². The number of anilines is 1. The van der Waals surface area contributed by atoms with Crippen molar-refractivity contribution in [1.82, 2.24) is 9.97 Å². The predicted octanol–water partition coefficient (Wildman–Crippen LogP) is 4.43. The number of benzene rings is 2. The molecule has 0 saturated carbocycles. The summed E-state index contributed by atoms with van der Waals surface area (Å²) >= 11 is 0. The molecule has 0 fully saturated rings. The van der Waals surface area contributed by atoms with Gasteiger partial charge >= 0.3 is 5.92 Å². The number of aromatic nitrogens is 2. The van der Waals surface area contributed by atoms with Crippen LogP contribution in [0.3, 0.4) is 0 Å². The van der Waals surface area contributed by atoms with Crippen molar-refractivity contribution in [3.05, 3.63) is 53.1 Å². The third-order valence-corrected chi connectivity index (χ3v) is 6.04. The van der Waals surface area contributed by atoms with Crippen LogP contribution in [0.2, 0.25) is 0 Å². The number of methoxy groups -OCH3 is 2. The molecule has 3 rings (SSSR count). The first-order chi connectivity index (χ1) is 16.7. The highest BCUT2D eigenvalue weighted by atomic mass is 28.1. The summed E-state index contributed by atoms with van der Waals surface area (Å²) in [5, 5.41) is 12.2. The minimum atomic E-state index is -3.83. The molecule has 0 spiro atoms. The summed E-state index contributed by atoms with van der Waals surface area (Å²) < 4.78 is 61.4. The summed E-state index contributed by atoms with van der Waals surface area (Å²) in [6.45, 7) is 5.76. The SMILES string of the molecule is COCCOc1cc2c(NC(C)([Si])c3cccc(C(F)(F)C(C)(C)O)c3F)nc(C)nc2cc1OC. The van der Waals surface area contributed by atoms with Crippen molar-refractivity contribution in [3.63, 3.8) is 0 Å². The summed E-state index contributed by atoms with van der Waals surface area (Å²) in [7, 11) is 6.58. The predicted molar refractivity (Wildman–Crippen MR) is 132 cm³/mol. The Morgan fingerprint density at radius 3 is 2.31 bits per heavy atom. The van der Waals surface area contributed by atoms with Gasteiger partial charge in [-0.3, -0.25) is 0 Å². The number of fused-ring (bicyclic) bond motifs is 1. The molecule has 0 bridgehead atoms. The van der Waals surface area contributed by atoms with Crippen molar-refractivity contribution in [1.29, 1.82) is 0 Å². The molecule has 2 aromatic carbocycles. The Kier molecular flexibility index (Phi) is 7.87. The van der Waals surface area contributed by atoms with Crippen LogP contribution in [-0.4, -0.2) is 58.4 Å². The van der Waals surface area contributed by atoms with Crippen molar-refractivity contribution >= 4 is 27.0 Å². The zero-order chi connectivity index (χ0) is 26.9. The lowest BCUT2D eigenvalue weighted by atomic mass is 9.90. The Labute approximate surface area is 211 Å². The van der Waals surface area contributed by atoms with Crippen molar-refractivity contribution in [2.45, 2.75) is 44.4 Å². The second kappa shape index (κ2) is 10.2. The van der Waals surface area contributed by atoms with E-state index >= 15 is 4.39 Å². The number of nitrogens with one attached hydrogen (secondary N) is 1. The second-order valence-corrected chi connectivity index (χ2v) is 10.0. The number of alkyl halides is 2. The van der Waals surface area contributed by atoms with Gasteiger partial charge in [-0.1, -0.05) is 12.1 Å². The molecule has 1 aromatic heterocycles. The molecule has 0 aliphatic carbocycles. The molecular weight excluding hydrogens is 491 g/mol. The van der Waals surface area contributed by atoms with Crippen LogP contribution < -0.4 is 14.8 Å². The van der Waals surface area contributed by atoms with Gasteiger partial charge in [0.25, 0.3) is 0 Å². The lowest BCUT2D eigenvalue weighted by molar-refractivity contribution is -0.170. The molecule has 3 radical (unpaired) electrons. The van der Waals surface area contributed by atoms with Gasteiger partial charge in [-0.2, -0.15) is 8.78 Å². The number of aryl methyl sites for hydroxylation is 1. The van der Waals surface area contributed by atoms with Crippen LogP contribution >= 0.6 is 0 Å². The first-order valence-corrected chi connectivity index (χ1v) is 11.6. The Morgan fingerprint density at radius 2 is 1.69 bits per heavy atom. The second-order valence-electron chi connectivity index (χ2n) is 9.03. The van der Waals surface area contributed by atoms with Crippen molar-refractivity contribution in [2.24, 2.45) is 0 Å². The number of aliphatic hydroxyl groups is 1. The van der Waals surface area contributed by atoms with Crippen molar-refractivity contribution in [2.75, 3.05) is 32.8 Å². The van der Waals surface area contributed by atoms with Crippen LogP contribution in [-0.2, 0) is 15.8 Å². The monoisotopic (exact) mass is 520 g/mol. The molecule has 3 aromatic rings. The lowest BCUT2D eigenvalue weighted by Crippen LogP contribution is -2.42. The van der Waals surface area contributed by atoms with Crippen LogP contribution in [0.1, 0.15) is 37.7 Å². The van der Waals surface area contributed by atoms with Gasteiger partial charge in [0.2, 0.25) is 0 Å². The molecule has 1 unspecified atom stereocenters. The summed E-state index contributed by atoms with van der Waals surface area (Å²) in [5.74, 6) is -3.38. The average Bonchev–Trinajstić information content (AvgIpc) is 2.77. The lowest BCUT2D eigenvalue weighted by Gasteiger charge is -2.33. The zero-order valence-electron chi connectivity index (χ0n) is 21.0. The highest BCUT2D eigenvalue weighted by Gasteiger charge is 2.49. The number of ether oxygens (including phenoxy) is 3. The van der Waals surface area contributed by atoms with E-state index < -0.39 is 28.1 Å². The first kappa shape index (κ1) is 27.7. The zero-order valence-corrected chi connectivity index (χ0v) is 22.0. The molecule has 0 saturated heterocycles. The summed E-state index contributed by atoms with van der Waals surface area (Å²) in [5.41, 5.74) is -2.96. The van der Waals surface area contributed by atoms with Crippen LogP contribution in [0.5, 0.6) is 11.5 Å². The summed E-state index contributed by atoms with van der Waals surface area (Å²) in [6, 6.07) is 7.01. The molecule has 7 nitrogen and oxygen atoms in total. The number of hydrogen-bond acceptors (Lipinski definition) is 7. The Morgan fingerprint density at radius 1 is 1.03 bits per heavy atom. The van der Waals surface area contributed by atoms with Crippen LogP contribution in [0.25, 0.3) is 10.9 Å². The van der Waals surface area contributed by atoms with E-state index in [0.717, 1.165) is 19.9 Å². The van der Waals surface area contributed by atoms with Gasteiger partial charge in [0.15, 0.2) is 11.5 Å². The van der Waals surface area contributed by atoms with E-state index in [1.165, 1.54) is 19.2 Å². The van der Waals surface area contributed by atoms with E-state index in [2.05, 4.69) is 25.5 Å². The summed E-state index contributed by atoms with van der Waals surface area (Å²) in [6.07, 6.45) is 0. The van der Waals surface area contributed by atoms with Gasteiger partial charge in [0.1, 0.15) is 29.7 Å². The van der Waals surface area contributed by atoms with Crippen molar-refractivity contribution in [3.8, 4) is 11.5 Å². The van der Waals surface area contributed by atoms with E-state index in [-0.39, 0.29) is 12.2 Å². The summed E-state index contributed by atoms with van der Waals surface area (Å²) in [4.78, 5) is 8.91. The largest absolute Gasteiger partial charge is 0.493 e. The number of halogens is 3. The van der Waals surface area contributed by atoms with Gasteiger partial charge in [0.05, 0.1) is 35.0 Å². The van der Waals surface area contributed by atoms with Crippen molar-refractivity contribution < 1.29 is 32.5 Å². The molecule has 2 N–H and O–H groups in total. The number of nitrogens with zero attached hydrogens (tertiary/aromatic N) is 2. The smallest absolute Gasteiger partial charge is 0.303 e. The highest BCUT2D eigenvalue weighted by Crippen LogP contribution is 2.42. The van der Waals surface area contributed by atoms with Gasteiger partial charge < -0.3 is 24.6 Å². The van der Waals surface area contributed by atoms with Gasteiger partial charge in [-0.25, -0.2) is 14.4 Å². The maximum Gasteiger partial charge on any atom is 0.303 e. The van der Waals surface area contributed by atoms with Crippen LogP contribution in [0.15, 0.2) is 30.3 Å². The molecule has 36 heavy (non-hydrogen) atoms. The molecule has 1 heterocycles. The fraction of sp³-hybridized carbons (Fsp3) is 0.440. The van der Waals surface area contributed by atoms with E-state index in [9.17, 15) is 13.9 Å². The molecule has 0 aliphatic heterocycles. The fourth-order valence-corrected chi connectivity index (χ4v) is 3.96. The molecule has 1 atom stereocenters. The molecule has 0 aliphatic rings. The normalized spacial score (nSPS) is 14.0. The van der Waals surface area contributed by atoms with E-state index in [1.54, 1.807) is 33.1 Å². The van der Waals surface area contributed by atoms with Crippen LogP contribution in [0.4, 0.5) is 19.0 Å². The molecule has 0 amide bonds. The minimum absolute atomic E-state index is 0.102. The number of hydrogen-bond donors (Lipinski definition) is 2. The highest BCUT2D eigenvalue weighted by molar-refractivity contribution is 6.17.